The van der Waals surface area contributed by atoms with Gasteiger partial charge < -0.3 is 9.84 Å². The van der Waals surface area contributed by atoms with Gasteiger partial charge in [0.25, 0.3) is 0 Å². The Kier molecular flexibility index (Phi) is 2.67. The average molecular weight is 158 g/mol. The smallest absolute Gasteiger partial charge is 0.393 e. The fourth-order valence-electron chi connectivity index (χ4n) is 0.270. The summed E-state index contributed by atoms with van der Waals surface area (Å²) < 4.78 is 39.5. The summed E-state index contributed by atoms with van der Waals surface area (Å²) in [5, 5.41) is 8.28. The van der Waals surface area contributed by atoms with Crippen LogP contribution in [0.25, 0.3) is 0 Å². The molecule has 1 atom stereocenters. The normalized spacial score (nSPS) is 18.6. The molecule has 0 fully saturated rings. The van der Waals surface area contributed by atoms with Crippen molar-refractivity contribution in [3.05, 3.63) is 0 Å². The molecule has 0 saturated heterocycles. The lowest BCUT2D eigenvalue weighted by Gasteiger charge is -2.27. The van der Waals surface area contributed by atoms with Crippen LogP contribution in [0, 0.1) is 0 Å². The Hall–Kier alpha value is -0.290. The predicted octanol–water partition coefficient (Wildman–Crippen LogP) is 0.946. The maximum atomic E-state index is 11.8. The average Bonchev–Trinajstić information content (AvgIpc) is 1.84. The molecule has 1 N–H and O–H groups in total. The molecule has 0 amide bonds. The number of aliphatic hydroxyl groups excluding tert-OH is 1. The molecule has 0 aliphatic rings. The Morgan fingerprint density at radius 2 is 1.80 bits per heavy atom. The minimum Gasteiger partial charge on any atom is -0.393 e. The second-order valence-electron chi connectivity index (χ2n) is 2.09. The van der Waals surface area contributed by atoms with Gasteiger partial charge in [-0.25, -0.2) is 0 Å². The topological polar surface area (TPSA) is 29.5 Å². The standard InChI is InChI=1S/C5H9F3O2/c1-4(3-9,10-2)5(6,7)8/h9H,3H2,1-2H3. The van der Waals surface area contributed by atoms with Gasteiger partial charge in [0.1, 0.15) is 0 Å². The first kappa shape index (κ1) is 9.71. The van der Waals surface area contributed by atoms with Crippen LogP contribution in [0.5, 0.6) is 0 Å². The quantitative estimate of drug-likeness (QED) is 0.648. The third-order valence-corrected chi connectivity index (χ3v) is 1.35. The van der Waals surface area contributed by atoms with Crippen LogP contribution in [0.3, 0.4) is 0 Å². The third kappa shape index (κ3) is 1.60. The number of hydrogen-bond donors (Lipinski definition) is 1. The highest BCUT2D eigenvalue weighted by atomic mass is 19.4. The van der Waals surface area contributed by atoms with E-state index in [1.54, 1.807) is 0 Å². The molecular weight excluding hydrogens is 149 g/mol. The highest BCUT2D eigenvalue weighted by Gasteiger charge is 2.51. The van der Waals surface area contributed by atoms with Crippen molar-refractivity contribution in [1.29, 1.82) is 0 Å². The van der Waals surface area contributed by atoms with Gasteiger partial charge in [-0.05, 0) is 6.92 Å². The molecule has 0 heterocycles. The molecule has 0 aromatic heterocycles. The van der Waals surface area contributed by atoms with Crippen molar-refractivity contribution < 1.29 is 23.0 Å². The molecular formula is C5H9F3O2. The molecule has 0 aliphatic heterocycles. The minimum absolute atomic E-state index is 0.785. The van der Waals surface area contributed by atoms with Crippen LogP contribution in [0.2, 0.25) is 0 Å². The summed E-state index contributed by atoms with van der Waals surface area (Å²) in [6, 6.07) is 0. The Morgan fingerprint density at radius 3 is 1.80 bits per heavy atom. The van der Waals surface area contributed by atoms with Crippen LogP contribution in [-0.4, -0.2) is 30.6 Å². The molecule has 10 heavy (non-hydrogen) atoms. The first-order chi connectivity index (χ1) is 4.37. The van der Waals surface area contributed by atoms with Gasteiger partial charge in [-0.3, -0.25) is 0 Å². The summed E-state index contributed by atoms with van der Waals surface area (Å²) in [4.78, 5) is 0. The molecule has 0 aliphatic carbocycles. The lowest BCUT2D eigenvalue weighted by Crippen LogP contribution is -2.47. The first-order valence-corrected chi connectivity index (χ1v) is 2.60. The van der Waals surface area contributed by atoms with E-state index >= 15 is 0 Å². The summed E-state index contributed by atoms with van der Waals surface area (Å²) in [5.74, 6) is 0. The molecule has 1 unspecified atom stereocenters. The van der Waals surface area contributed by atoms with Crippen LogP contribution in [-0.2, 0) is 4.74 Å². The van der Waals surface area contributed by atoms with E-state index in [-0.39, 0.29) is 0 Å². The number of alkyl halides is 3. The van der Waals surface area contributed by atoms with Crippen LogP contribution < -0.4 is 0 Å². The molecule has 0 aromatic rings. The number of aliphatic hydroxyl groups is 1. The van der Waals surface area contributed by atoms with E-state index in [1.165, 1.54) is 0 Å². The number of hydrogen-bond acceptors (Lipinski definition) is 2. The minimum atomic E-state index is -4.52. The van der Waals surface area contributed by atoms with Crippen LogP contribution in [0.4, 0.5) is 13.2 Å². The van der Waals surface area contributed by atoms with Crippen molar-refractivity contribution in [1.82, 2.24) is 0 Å². The second-order valence-corrected chi connectivity index (χ2v) is 2.09. The van der Waals surface area contributed by atoms with Gasteiger partial charge in [0.15, 0.2) is 5.60 Å². The van der Waals surface area contributed by atoms with E-state index in [0.717, 1.165) is 14.0 Å². The Labute approximate surface area is 56.6 Å². The molecule has 5 heteroatoms. The molecule has 62 valence electrons. The monoisotopic (exact) mass is 158 g/mol. The lowest BCUT2D eigenvalue weighted by atomic mass is 10.1. The van der Waals surface area contributed by atoms with E-state index in [2.05, 4.69) is 4.74 Å². The molecule has 0 bridgehead atoms. The fraction of sp³-hybridized carbons (Fsp3) is 1.00. The number of rotatable bonds is 2. The van der Waals surface area contributed by atoms with Crippen LogP contribution in [0.15, 0.2) is 0 Å². The van der Waals surface area contributed by atoms with E-state index in [4.69, 9.17) is 5.11 Å². The summed E-state index contributed by atoms with van der Waals surface area (Å²) >= 11 is 0. The van der Waals surface area contributed by atoms with E-state index in [9.17, 15) is 13.2 Å². The van der Waals surface area contributed by atoms with Crippen LogP contribution in [0.1, 0.15) is 6.92 Å². The Morgan fingerprint density at radius 1 is 1.40 bits per heavy atom. The highest BCUT2D eigenvalue weighted by Crippen LogP contribution is 2.31. The highest BCUT2D eigenvalue weighted by molar-refractivity contribution is 4.82. The molecule has 0 spiro atoms. The summed E-state index contributed by atoms with van der Waals surface area (Å²) in [6.07, 6.45) is -4.52. The molecule has 0 rings (SSSR count). The Balaban J connectivity index is 4.33. The van der Waals surface area contributed by atoms with Crippen molar-refractivity contribution in [2.45, 2.75) is 18.7 Å². The van der Waals surface area contributed by atoms with E-state index in [0.29, 0.717) is 0 Å². The molecule has 0 saturated carbocycles. The zero-order valence-electron chi connectivity index (χ0n) is 5.70. The van der Waals surface area contributed by atoms with Gasteiger partial charge in [-0.15, -0.1) is 0 Å². The van der Waals surface area contributed by atoms with E-state index < -0.39 is 18.4 Å². The van der Waals surface area contributed by atoms with Crippen LogP contribution >= 0.6 is 0 Å². The van der Waals surface area contributed by atoms with Gasteiger partial charge in [0.05, 0.1) is 6.61 Å². The van der Waals surface area contributed by atoms with Gasteiger partial charge in [-0.1, -0.05) is 0 Å². The van der Waals surface area contributed by atoms with Crippen molar-refractivity contribution in [3.8, 4) is 0 Å². The predicted molar refractivity (Wildman–Crippen MR) is 28.6 cm³/mol. The van der Waals surface area contributed by atoms with Gasteiger partial charge >= 0.3 is 6.18 Å². The van der Waals surface area contributed by atoms with Gasteiger partial charge in [0, 0.05) is 7.11 Å². The van der Waals surface area contributed by atoms with Gasteiger partial charge in [0.2, 0.25) is 0 Å². The fourth-order valence-corrected chi connectivity index (χ4v) is 0.270. The Bertz CT molecular complexity index is 106. The lowest BCUT2D eigenvalue weighted by molar-refractivity contribution is -0.272. The maximum absolute atomic E-state index is 11.8. The zero-order chi connectivity index (χ0) is 8.41. The number of methoxy groups -OCH3 is 1. The van der Waals surface area contributed by atoms with Crippen molar-refractivity contribution in [2.24, 2.45) is 0 Å². The van der Waals surface area contributed by atoms with Crippen molar-refractivity contribution in [2.75, 3.05) is 13.7 Å². The maximum Gasteiger partial charge on any atom is 0.419 e. The van der Waals surface area contributed by atoms with Gasteiger partial charge in [-0.2, -0.15) is 13.2 Å². The van der Waals surface area contributed by atoms with Crippen molar-refractivity contribution >= 4 is 0 Å². The van der Waals surface area contributed by atoms with Crippen molar-refractivity contribution in [3.63, 3.8) is 0 Å². The summed E-state index contributed by atoms with van der Waals surface area (Å²) in [5.41, 5.74) is -2.42. The van der Waals surface area contributed by atoms with E-state index in [1.807, 2.05) is 0 Å². The number of ether oxygens (including phenoxy) is 1. The molecule has 2 nitrogen and oxygen atoms in total. The molecule has 0 aromatic carbocycles. The second kappa shape index (κ2) is 2.75. The largest absolute Gasteiger partial charge is 0.419 e. The third-order valence-electron chi connectivity index (χ3n) is 1.35. The SMILES string of the molecule is COC(C)(CO)C(F)(F)F. The zero-order valence-corrected chi connectivity index (χ0v) is 5.70. The first-order valence-electron chi connectivity index (χ1n) is 2.60. The summed E-state index contributed by atoms with van der Waals surface area (Å²) in [6.45, 7) is -0.278. The number of halogens is 3. The molecule has 0 radical (unpaired) electrons. The summed E-state index contributed by atoms with van der Waals surface area (Å²) in [7, 11) is 0.906.